The van der Waals surface area contributed by atoms with Crippen LogP contribution in [0.2, 0.25) is 5.02 Å². The minimum atomic E-state index is -3.50. The number of aromatic nitrogens is 2. The van der Waals surface area contributed by atoms with Gasteiger partial charge in [-0.1, -0.05) is 16.7 Å². The predicted molar refractivity (Wildman–Crippen MR) is 112 cm³/mol. The summed E-state index contributed by atoms with van der Waals surface area (Å²) in [6.07, 6.45) is 0.120. The molecule has 162 valence electrons. The number of anilines is 1. The number of nitrogens with one attached hydrogen (secondary N) is 1. The van der Waals surface area contributed by atoms with Crippen molar-refractivity contribution in [3.05, 3.63) is 47.5 Å². The van der Waals surface area contributed by atoms with E-state index in [0.717, 1.165) is 0 Å². The highest BCUT2D eigenvalue weighted by molar-refractivity contribution is 7.91. The fourth-order valence-electron chi connectivity index (χ4n) is 2.93. The van der Waals surface area contributed by atoms with Crippen molar-refractivity contribution in [2.75, 3.05) is 24.3 Å². The van der Waals surface area contributed by atoms with Crippen LogP contribution in [0.3, 0.4) is 0 Å². The first-order chi connectivity index (χ1) is 14.9. The molecule has 0 aliphatic carbocycles. The zero-order valence-electron chi connectivity index (χ0n) is 16.2. The Morgan fingerprint density at radius 3 is 2.55 bits per heavy atom. The Bertz CT molecular complexity index is 1190. The van der Waals surface area contributed by atoms with Gasteiger partial charge in [0.15, 0.2) is 21.3 Å². The molecular weight excluding hydrogens is 446 g/mol. The molecule has 4 rings (SSSR count). The van der Waals surface area contributed by atoms with Crippen LogP contribution < -0.4 is 14.8 Å². The van der Waals surface area contributed by atoms with Gasteiger partial charge in [-0.15, -0.1) is 5.10 Å². The van der Waals surface area contributed by atoms with Gasteiger partial charge in [0.25, 0.3) is 0 Å². The Balaban J connectivity index is 1.31. The van der Waals surface area contributed by atoms with Gasteiger partial charge in [0, 0.05) is 17.0 Å². The molecule has 0 atom stereocenters. The molecule has 0 spiro atoms. The molecular formula is C20H18ClN3O6S. The maximum Gasteiger partial charge on any atom is 0.322 e. The summed E-state index contributed by atoms with van der Waals surface area (Å²) in [5.41, 5.74) is 0.617. The topological polar surface area (TPSA) is 121 Å². The lowest BCUT2D eigenvalue weighted by Crippen LogP contribution is -2.15. The SMILES string of the molecule is O=C(CCCS(=O)(=O)c1ccc(Cl)cc1)Nc1nnc(-c2ccc3c(c2)OCCO3)o1. The number of ether oxygens (including phenoxy) is 2. The third-order valence-electron chi connectivity index (χ3n) is 4.45. The van der Waals surface area contributed by atoms with E-state index in [4.69, 9.17) is 25.5 Å². The van der Waals surface area contributed by atoms with Gasteiger partial charge in [0.2, 0.25) is 11.8 Å². The highest BCUT2D eigenvalue weighted by atomic mass is 35.5. The summed E-state index contributed by atoms with van der Waals surface area (Å²) < 4.78 is 41.1. The Morgan fingerprint density at radius 2 is 1.77 bits per heavy atom. The van der Waals surface area contributed by atoms with Gasteiger partial charge < -0.3 is 13.9 Å². The summed E-state index contributed by atoms with van der Waals surface area (Å²) in [5, 5.41) is 10.7. The van der Waals surface area contributed by atoms with E-state index >= 15 is 0 Å². The average Bonchev–Trinajstić information content (AvgIpc) is 3.22. The van der Waals surface area contributed by atoms with Gasteiger partial charge in [0.05, 0.1) is 10.6 Å². The van der Waals surface area contributed by atoms with Crippen LogP contribution in [-0.4, -0.2) is 43.5 Å². The number of benzene rings is 2. The standard InChI is InChI=1S/C20H18ClN3O6S/c21-14-4-6-15(7-5-14)31(26,27)11-1-2-18(25)22-20-24-23-19(30-20)13-3-8-16-17(12-13)29-10-9-28-16/h3-8,12H,1-2,9-11H2,(H,22,24,25). The monoisotopic (exact) mass is 463 g/mol. The smallest absolute Gasteiger partial charge is 0.322 e. The molecule has 11 heteroatoms. The summed E-state index contributed by atoms with van der Waals surface area (Å²) in [7, 11) is -3.50. The van der Waals surface area contributed by atoms with E-state index in [-0.39, 0.29) is 35.4 Å². The molecule has 3 aromatic rings. The molecule has 0 fully saturated rings. The Kier molecular flexibility index (Phi) is 6.10. The number of hydrogen-bond acceptors (Lipinski definition) is 8. The number of sulfone groups is 1. The van der Waals surface area contributed by atoms with Gasteiger partial charge >= 0.3 is 6.01 Å². The van der Waals surface area contributed by atoms with E-state index in [2.05, 4.69) is 15.5 Å². The Hall–Kier alpha value is -3.11. The summed E-state index contributed by atoms with van der Waals surface area (Å²) >= 11 is 5.78. The fraction of sp³-hybridized carbons (Fsp3) is 0.250. The van der Waals surface area contributed by atoms with Crippen LogP contribution in [0.5, 0.6) is 11.5 Å². The van der Waals surface area contributed by atoms with Crippen LogP contribution in [0.1, 0.15) is 12.8 Å². The average molecular weight is 464 g/mol. The van der Waals surface area contributed by atoms with Gasteiger partial charge in [-0.05, 0) is 48.9 Å². The molecule has 1 aliphatic heterocycles. The number of fused-ring (bicyclic) bond motifs is 1. The molecule has 0 radical (unpaired) electrons. The van der Waals surface area contributed by atoms with E-state index in [9.17, 15) is 13.2 Å². The first-order valence-electron chi connectivity index (χ1n) is 9.42. The Morgan fingerprint density at radius 1 is 1.03 bits per heavy atom. The van der Waals surface area contributed by atoms with Crippen molar-refractivity contribution in [3.8, 4) is 23.0 Å². The van der Waals surface area contributed by atoms with E-state index in [1.54, 1.807) is 18.2 Å². The van der Waals surface area contributed by atoms with Crippen molar-refractivity contribution >= 4 is 33.4 Å². The Labute approximate surface area is 183 Å². The van der Waals surface area contributed by atoms with Crippen LogP contribution in [0.25, 0.3) is 11.5 Å². The number of carbonyl (C=O) groups excluding carboxylic acids is 1. The van der Waals surface area contributed by atoms with Gasteiger partial charge in [-0.2, -0.15) is 0 Å². The molecule has 2 aromatic carbocycles. The van der Waals surface area contributed by atoms with Gasteiger partial charge in [-0.25, -0.2) is 8.42 Å². The van der Waals surface area contributed by atoms with Crippen molar-refractivity contribution in [1.82, 2.24) is 10.2 Å². The molecule has 0 bridgehead atoms. The molecule has 1 aromatic heterocycles. The lowest BCUT2D eigenvalue weighted by atomic mass is 10.2. The van der Waals surface area contributed by atoms with Crippen molar-refractivity contribution in [3.63, 3.8) is 0 Å². The summed E-state index contributed by atoms with van der Waals surface area (Å²) in [6, 6.07) is 11.0. The van der Waals surface area contributed by atoms with Crippen LogP contribution >= 0.6 is 11.6 Å². The molecule has 0 saturated carbocycles. The summed E-state index contributed by atoms with van der Waals surface area (Å²) in [5.74, 6) is 0.821. The molecule has 1 aliphatic rings. The number of halogens is 1. The molecule has 31 heavy (non-hydrogen) atoms. The highest BCUT2D eigenvalue weighted by Gasteiger charge is 2.18. The second-order valence-electron chi connectivity index (χ2n) is 6.70. The van der Waals surface area contributed by atoms with E-state index in [1.807, 2.05) is 0 Å². The molecule has 0 unspecified atom stereocenters. The van der Waals surface area contributed by atoms with Crippen LogP contribution in [0.4, 0.5) is 6.01 Å². The number of rotatable bonds is 7. The quantitative estimate of drug-likeness (QED) is 0.566. The third-order valence-corrected chi connectivity index (χ3v) is 6.52. The fourth-order valence-corrected chi connectivity index (χ4v) is 4.37. The molecule has 1 N–H and O–H groups in total. The van der Waals surface area contributed by atoms with Gasteiger partial charge in [-0.3, -0.25) is 10.1 Å². The second kappa shape index (κ2) is 8.94. The number of hydrogen-bond donors (Lipinski definition) is 1. The summed E-state index contributed by atoms with van der Waals surface area (Å²) in [6.45, 7) is 0.944. The van der Waals surface area contributed by atoms with Crippen molar-refractivity contribution in [2.24, 2.45) is 0 Å². The second-order valence-corrected chi connectivity index (χ2v) is 9.24. The number of carbonyl (C=O) groups is 1. The molecule has 2 heterocycles. The van der Waals surface area contributed by atoms with Crippen LogP contribution in [0.15, 0.2) is 51.8 Å². The minimum Gasteiger partial charge on any atom is -0.486 e. The first kappa shape index (κ1) is 21.1. The number of amides is 1. The maximum atomic E-state index is 12.3. The van der Waals surface area contributed by atoms with E-state index in [0.29, 0.717) is 35.3 Å². The third kappa shape index (κ3) is 5.15. The lowest BCUT2D eigenvalue weighted by molar-refractivity contribution is -0.116. The van der Waals surface area contributed by atoms with Crippen molar-refractivity contribution < 1.29 is 27.1 Å². The first-order valence-corrected chi connectivity index (χ1v) is 11.5. The van der Waals surface area contributed by atoms with Crippen LogP contribution in [0, 0.1) is 0 Å². The van der Waals surface area contributed by atoms with Gasteiger partial charge in [0.1, 0.15) is 13.2 Å². The van der Waals surface area contributed by atoms with Crippen LogP contribution in [-0.2, 0) is 14.6 Å². The minimum absolute atomic E-state index is 0.0193. The molecule has 0 saturated heterocycles. The molecule has 1 amide bonds. The zero-order chi connectivity index (χ0) is 21.8. The summed E-state index contributed by atoms with van der Waals surface area (Å²) in [4.78, 5) is 12.3. The number of nitrogens with zero attached hydrogens (tertiary/aromatic N) is 2. The lowest BCUT2D eigenvalue weighted by Gasteiger charge is -2.18. The zero-order valence-corrected chi connectivity index (χ0v) is 17.8. The van der Waals surface area contributed by atoms with E-state index in [1.165, 1.54) is 24.3 Å². The largest absolute Gasteiger partial charge is 0.486 e. The highest BCUT2D eigenvalue weighted by Crippen LogP contribution is 2.34. The van der Waals surface area contributed by atoms with Crippen molar-refractivity contribution in [1.29, 1.82) is 0 Å². The normalized spacial score (nSPS) is 13.1. The van der Waals surface area contributed by atoms with E-state index < -0.39 is 15.7 Å². The predicted octanol–water partition coefficient (Wildman–Crippen LogP) is 3.35. The molecule has 9 nitrogen and oxygen atoms in total. The van der Waals surface area contributed by atoms with Crippen molar-refractivity contribution in [2.45, 2.75) is 17.7 Å². The maximum absolute atomic E-state index is 12.3.